The maximum Gasteiger partial charge on any atom is 0.178 e. The predicted octanol–water partition coefficient (Wildman–Crippen LogP) is 3.17. The minimum absolute atomic E-state index is 0.204. The third-order valence-electron chi connectivity index (χ3n) is 4.41. The van der Waals surface area contributed by atoms with Crippen molar-refractivity contribution >= 4 is 27.8 Å². The van der Waals surface area contributed by atoms with Gasteiger partial charge in [0.2, 0.25) is 0 Å². The van der Waals surface area contributed by atoms with E-state index in [0.29, 0.717) is 16.3 Å². The Labute approximate surface area is 123 Å². The molecule has 0 bridgehead atoms. The van der Waals surface area contributed by atoms with E-state index >= 15 is 0 Å². The molecule has 2 N–H and O–H groups in total. The zero-order valence-corrected chi connectivity index (χ0v) is 13.0. The van der Waals surface area contributed by atoms with Crippen LogP contribution in [0.1, 0.15) is 42.3 Å². The minimum Gasteiger partial charge on any atom is -0.492 e. The van der Waals surface area contributed by atoms with E-state index in [0.717, 1.165) is 36.9 Å². The quantitative estimate of drug-likeness (QED) is 0.848. The van der Waals surface area contributed by atoms with Crippen molar-refractivity contribution in [2.45, 2.75) is 32.6 Å². The van der Waals surface area contributed by atoms with Gasteiger partial charge in [-0.1, -0.05) is 13.3 Å². The number of hydrogen-bond acceptors (Lipinski definition) is 5. The van der Waals surface area contributed by atoms with Crippen LogP contribution in [0.25, 0.3) is 0 Å². The Bertz CT molecular complexity index is 522. The van der Waals surface area contributed by atoms with Crippen LogP contribution in [0, 0.1) is 11.8 Å². The summed E-state index contributed by atoms with van der Waals surface area (Å²) in [4.78, 5) is 15.3. The highest BCUT2D eigenvalue weighted by Gasteiger charge is 2.36. The second-order valence-electron chi connectivity index (χ2n) is 5.83. The molecular formula is C15H22N2O2S. The number of thiophene rings is 1. The first-order valence-corrected chi connectivity index (χ1v) is 8.22. The molecule has 0 aromatic carbocycles. The molecule has 2 fully saturated rings. The van der Waals surface area contributed by atoms with E-state index in [4.69, 9.17) is 10.5 Å². The lowest BCUT2D eigenvalue weighted by atomic mass is 10.1. The molecule has 110 valence electrons. The first kappa shape index (κ1) is 13.7. The van der Waals surface area contributed by atoms with Gasteiger partial charge in [-0.25, -0.2) is 0 Å². The fourth-order valence-corrected chi connectivity index (χ4v) is 4.13. The first-order valence-electron chi connectivity index (χ1n) is 7.41. The highest BCUT2D eigenvalue weighted by atomic mass is 32.1. The maximum atomic E-state index is 12.3. The van der Waals surface area contributed by atoms with Gasteiger partial charge in [-0.2, -0.15) is 0 Å². The van der Waals surface area contributed by atoms with E-state index in [2.05, 4.69) is 11.8 Å². The average Bonchev–Trinajstić information content (AvgIpc) is 3.10. The first-order chi connectivity index (χ1) is 9.65. The molecule has 1 unspecified atom stereocenters. The third-order valence-corrected chi connectivity index (χ3v) is 5.67. The number of carbonyl (C=O) groups is 1. The molecule has 0 spiro atoms. The Morgan fingerprint density at radius 1 is 1.45 bits per heavy atom. The Hall–Kier alpha value is -1.23. The van der Waals surface area contributed by atoms with Crippen LogP contribution < -0.4 is 15.4 Å². The molecular weight excluding hydrogens is 272 g/mol. The molecule has 1 aliphatic heterocycles. The van der Waals surface area contributed by atoms with Crippen molar-refractivity contribution in [1.29, 1.82) is 0 Å². The number of anilines is 2. The summed E-state index contributed by atoms with van der Waals surface area (Å²) in [6, 6.07) is 0. The molecule has 0 amide bonds. The topological polar surface area (TPSA) is 55.6 Å². The van der Waals surface area contributed by atoms with Crippen molar-refractivity contribution in [3.8, 4) is 5.75 Å². The van der Waals surface area contributed by atoms with Gasteiger partial charge in [0.05, 0.1) is 17.7 Å². The summed E-state index contributed by atoms with van der Waals surface area (Å²) in [7, 11) is 1.64. The van der Waals surface area contributed by atoms with Crippen LogP contribution in [-0.2, 0) is 0 Å². The van der Waals surface area contributed by atoms with Gasteiger partial charge in [-0.3, -0.25) is 4.79 Å². The Morgan fingerprint density at radius 2 is 2.20 bits per heavy atom. The molecule has 4 nitrogen and oxygen atoms in total. The third kappa shape index (κ3) is 2.28. The molecule has 3 rings (SSSR count). The molecule has 1 aliphatic carbocycles. The lowest BCUT2D eigenvalue weighted by Gasteiger charge is -2.17. The predicted molar refractivity (Wildman–Crippen MR) is 82.9 cm³/mol. The highest BCUT2D eigenvalue weighted by Crippen LogP contribution is 2.48. The summed E-state index contributed by atoms with van der Waals surface area (Å²) in [5.74, 6) is 1.86. The van der Waals surface area contributed by atoms with E-state index in [1.165, 1.54) is 24.2 Å². The standard InChI is InChI=1S/C15H22N2O2S/c1-3-9-6-7-17(8-9)15-13(19-2)11(16)14(20-15)12(18)10-4-5-10/h9-10H,3-8,16H2,1-2H3. The Balaban J connectivity index is 1.90. The van der Waals surface area contributed by atoms with Gasteiger partial charge >= 0.3 is 0 Å². The van der Waals surface area contributed by atoms with Gasteiger partial charge in [0.25, 0.3) is 0 Å². The van der Waals surface area contributed by atoms with E-state index < -0.39 is 0 Å². The summed E-state index contributed by atoms with van der Waals surface area (Å²) in [6.07, 6.45) is 4.43. The number of hydrogen-bond donors (Lipinski definition) is 1. The number of carbonyl (C=O) groups excluding carboxylic acids is 1. The smallest absolute Gasteiger partial charge is 0.178 e. The number of nitrogens with two attached hydrogens (primary N) is 1. The zero-order chi connectivity index (χ0) is 14.3. The van der Waals surface area contributed by atoms with Crippen LogP contribution >= 0.6 is 11.3 Å². The molecule has 1 saturated carbocycles. The van der Waals surface area contributed by atoms with Crippen LogP contribution in [0.4, 0.5) is 10.7 Å². The highest BCUT2D eigenvalue weighted by molar-refractivity contribution is 7.19. The maximum absolute atomic E-state index is 12.3. The van der Waals surface area contributed by atoms with Crippen molar-refractivity contribution in [3.63, 3.8) is 0 Å². The van der Waals surface area contributed by atoms with Crippen molar-refractivity contribution in [2.24, 2.45) is 11.8 Å². The number of ether oxygens (including phenoxy) is 1. The number of Topliss-reactive ketones (excluding diaryl/α,β-unsaturated/α-hetero) is 1. The summed E-state index contributed by atoms with van der Waals surface area (Å²) < 4.78 is 5.48. The number of nitrogen functional groups attached to an aromatic ring is 1. The van der Waals surface area contributed by atoms with Gasteiger partial charge in [-0.15, -0.1) is 11.3 Å². The van der Waals surface area contributed by atoms with Crippen molar-refractivity contribution < 1.29 is 9.53 Å². The number of nitrogens with zero attached hydrogens (tertiary/aromatic N) is 1. The van der Waals surface area contributed by atoms with E-state index in [1.807, 2.05) is 0 Å². The van der Waals surface area contributed by atoms with E-state index in [1.54, 1.807) is 7.11 Å². The fraction of sp³-hybridized carbons (Fsp3) is 0.667. The molecule has 5 heteroatoms. The van der Waals surface area contributed by atoms with E-state index in [-0.39, 0.29) is 11.7 Å². The largest absolute Gasteiger partial charge is 0.492 e. The van der Waals surface area contributed by atoms with Gasteiger partial charge in [0.1, 0.15) is 5.00 Å². The lowest BCUT2D eigenvalue weighted by Crippen LogP contribution is -2.18. The van der Waals surface area contributed by atoms with Gasteiger partial charge in [0, 0.05) is 19.0 Å². The van der Waals surface area contributed by atoms with E-state index in [9.17, 15) is 4.79 Å². The summed E-state index contributed by atoms with van der Waals surface area (Å²) in [5, 5.41) is 1.05. The van der Waals surface area contributed by atoms with Crippen LogP contribution in [0.3, 0.4) is 0 Å². The summed E-state index contributed by atoms with van der Waals surface area (Å²) in [5.41, 5.74) is 6.70. The molecule has 1 saturated heterocycles. The second kappa shape index (κ2) is 5.28. The molecule has 1 atom stereocenters. The molecule has 2 heterocycles. The molecule has 20 heavy (non-hydrogen) atoms. The summed E-state index contributed by atoms with van der Waals surface area (Å²) >= 11 is 1.52. The zero-order valence-electron chi connectivity index (χ0n) is 12.1. The Kier molecular flexibility index (Phi) is 3.63. The van der Waals surface area contributed by atoms with Crippen molar-refractivity contribution in [2.75, 3.05) is 30.8 Å². The van der Waals surface area contributed by atoms with Crippen LogP contribution in [0.2, 0.25) is 0 Å². The summed E-state index contributed by atoms with van der Waals surface area (Å²) in [6.45, 7) is 4.31. The minimum atomic E-state index is 0.204. The van der Waals surface area contributed by atoms with Crippen LogP contribution in [-0.4, -0.2) is 26.0 Å². The molecule has 1 aromatic rings. The molecule has 1 aromatic heterocycles. The van der Waals surface area contributed by atoms with Crippen molar-refractivity contribution in [3.05, 3.63) is 4.88 Å². The van der Waals surface area contributed by atoms with Gasteiger partial charge in [-0.05, 0) is 25.2 Å². The number of methoxy groups -OCH3 is 1. The van der Waals surface area contributed by atoms with Crippen LogP contribution in [0.15, 0.2) is 0 Å². The number of ketones is 1. The molecule has 2 aliphatic rings. The second-order valence-corrected chi connectivity index (χ2v) is 6.83. The number of rotatable bonds is 5. The van der Waals surface area contributed by atoms with Crippen molar-refractivity contribution in [1.82, 2.24) is 0 Å². The monoisotopic (exact) mass is 294 g/mol. The van der Waals surface area contributed by atoms with Crippen LogP contribution in [0.5, 0.6) is 5.75 Å². The van der Waals surface area contributed by atoms with Gasteiger partial charge in [0.15, 0.2) is 11.5 Å². The average molecular weight is 294 g/mol. The Morgan fingerprint density at radius 3 is 2.75 bits per heavy atom. The molecule has 0 radical (unpaired) electrons. The SMILES string of the molecule is CCC1CCN(c2sc(C(=O)C3CC3)c(N)c2OC)C1. The normalized spacial score (nSPS) is 22.3. The lowest BCUT2D eigenvalue weighted by molar-refractivity contribution is 0.0972. The van der Waals surface area contributed by atoms with Gasteiger partial charge < -0.3 is 15.4 Å². The fourth-order valence-electron chi connectivity index (χ4n) is 2.89.